The van der Waals surface area contributed by atoms with Gasteiger partial charge in [-0.2, -0.15) is 8.42 Å². The molecule has 0 aromatic carbocycles. The van der Waals surface area contributed by atoms with Crippen LogP contribution < -0.4 is 0 Å². The van der Waals surface area contributed by atoms with Crippen molar-refractivity contribution < 1.29 is 47.2 Å². The molecule has 0 aromatic heterocycles. The van der Waals surface area contributed by atoms with Crippen molar-refractivity contribution in [3.05, 3.63) is 0 Å². The number of carbonyl (C=O) groups is 2. The van der Waals surface area contributed by atoms with Crippen LogP contribution in [0.3, 0.4) is 0 Å². The minimum Gasteiger partial charge on any atom is -0.479 e. The standard InChI is InChI=1S/C6H10O10S/c7-1-2(8)3(9)5(4(10)6(11)12)16-17(13,14)15/h2,4-5,7-8,10H,1H2,(H,11,12)(H,13,14,15). The fraction of sp³-hybridized carbons (Fsp3) is 0.667. The van der Waals surface area contributed by atoms with E-state index in [1.807, 2.05) is 0 Å². The fourth-order valence-corrected chi connectivity index (χ4v) is 1.26. The van der Waals surface area contributed by atoms with E-state index in [0.29, 0.717) is 0 Å². The number of Topliss-reactive ketones (excluding diaryl/α,β-unsaturated/α-hetero) is 1. The summed E-state index contributed by atoms with van der Waals surface area (Å²) in [5, 5.41) is 34.6. The molecule has 0 radical (unpaired) electrons. The molecule has 0 amide bonds. The number of rotatable bonds is 7. The molecule has 0 saturated carbocycles. The van der Waals surface area contributed by atoms with Crippen molar-refractivity contribution in [2.75, 3.05) is 6.61 Å². The summed E-state index contributed by atoms with van der Waals surface area (Å²) in [5.41, 5.74) is 0. The average Bonchev–Trinajstić information content (AvgIpc) is 2.21. The molecule has 3 atom stereocenters. The van der Waals surface area contributed by atoms with Gasteiger partial charge in [-0.05, 0) is 0 Å². The van der Waals surface area contributed by atoms with Crippen molar-refractivity contribution >= 4 is 22.2 Å². The van der Waals surface area contributed by atoms with Crippen molar-refractivity contribution in [3.63, 3.8) is 0 Å². The summed E-state index contributed by atoms with van der Waals surface area (Å²) in [6.45, 7) is -1.14. The third-order valence-electron chi connectivity index (χ3n) is 1.55. The van der Waals surface area contributed by atoms with Gasteiger partial charge in [-0.3, -0.25) is 9.35 Å². The molecule has 0 spiro atoms. The highest BCUT2D eigenvalue weighted by atomic mass is 32.3. The first-order chi connectivity index (χ1) is 7.60. The Morgan fingerprint density at radius 2 is 1.71 bits per heavy atom. The van der Waals surface area contributed by atoms with Crippen LogP contribution in [0.1, 0.15) is 0 Å². The normalized spacial score (nSPS) is 17.2. The molecule has 3 unspecified atom stereocenters. The third kappa shape index (κ3) is 5.16. The van der Waals surface area contributed by atoms with Crippen molar-refractivity contribution in [2.24, 2.45) is 0 Å². The topological polar surface area (TPSA) is 179 Å². The van der Waals surface area contributed by atoms with Gasteiger partial charge in [-0.1, -0.05) is 0 Å². The maximum absolute atomic E-state index is 11.2. The second-order valence-corrected chi connectivity index (χ2v) is 3.88. The summed E-state index contributed by atoms with van der Waals surface area (Å²) in [7, 11) is -5.23. The fourth-order valence-electron chi connectivity index (χ4n) is 0.796. The number of hydrogen-bond donors (Lipinski definition) is 5. The molecule has 17 heavy (non-hydrogen) atoms. The molecule has 0 heterocycles. The van der Waals surface area contributed by atoms with E-state index in [-0.39, 0.29) is 0 Å². The summed E-state index contributed by atoms with van der Waals surface area (Å²) in [4.78, 5) is 21.5. The lowest BCUT2D eigenvalue weighted by Gasteiger charge is -2.18. The van der Waals surface area contributed by atoms with E-state index in [1.54, 1.807) is 0 Å². The first kappa shape index (κ1) is 15.9. The molecule has 0 saturated heterocycles. The number of aliphatic carboxylic acids is 1. The minimum absolute atomic E-state index is 1.14. The Balaban J connectivity index is 5.11. The van der Waals surface area contributed by atoms with Crippen LogP contribution in [-0.2, 0) is 24.2 Å². The van der Waals surface area contributed by atoms with Crippen LogP contribution in [0.5, 0.6) is 0 Å². The number of aliphatic hydroxyl groups excluding tert-OH is 3. The molecular weight excluding hydrogens is 264 g/mol. The van der Waals surface area contributed by atoms with E-state index in [4.69, 9.17) is 25.0 Å². The SMILES string of the molecule is O=C(O)C(O)C(OS(=O)(=O)O)C(=O)C(O)CO. The summed E-state index contributed by atoms with van der Waals surface area (Å²) in [5.74, 6) is -3.63. The minimum atomic E-state index is -5.23. The maximum atomic E-state index is 11.2. The molecule has 0 aromatic rings. The summed E-state index contributed by atoms with van der Waals surface area (Å²) >= 11 is 0. The van der Waals surface area contributed by atoms with Gasteiger partial charge in [0.2, 0.25) is 0 Å². The van der Waals surface area contributed by atoms with E-state index in [1.165, 1.54) is 0 Å². The predicted molar refractivity (Wildman–Crippen MR) is 48.2 cm³/mol. The Bertz CT molecular complexity index is 386. The van der Waals surface area contributed by atoms with Crippen LogP contribution in [0.25, 0.3) is 0 Å². The predicted octanol–water partition coefficient (Wildman–Crippen LogP) is -3.46. The summed E-state index contributed by atoms with van der Waals surface area (Å²) < 4.78 is 32.5. The molecule has 0 rings (SSSR count). The molecule has 0 bridgehead atoms. The van der Waals surface area contributed by atoms with Gasteiger partial charge < -0.3 is 20.4 Å². The Kier molecular flexibility index (Phi) is 5.60. The van der Waals surface area contributed by atoms with Crippen LogP contribution in [0.4, 0.5) is 0 Å². The second-order valence-electron chi connectivity index (χ2n) is 2.83. The van der Waals surface area contributed by atoms with Gasteiger partial charge in [-0.25, -0.2) is 8.98 Å². The summed E-state index contributed by atoms with van der Waals surface area (Å²) in [6.07, 6.45) is -7.36. The Morgan fingerprint density at radius 1 is 1.24 bits per heavy atom. The van der Waals surface area contributed by atoms with Crippen LogP contribution in [-0.4, -0.2) is 70.1 Å². The Hall–Kier alpha value is -1.11. The maximum Gasteiger partial charge on any atom is 0.398 e. The van der Waals surface area contributed by atoms with E-state index < -0.39 is 47.1 Å². The first-order valence-corrected chi connectivity index (χ1v) is 5.36. The molecule has 0 aliphatic carbocycles. The van der Waals surface area contributed by atoms with Crippen LogP contribution >= 0.6 is 0 Å². The number of hydrogen-bond acceptors (Lipinski definition) is 8. The monoisotopic (exact) mass is 274 g/mol. The van der Waals surface area contributed by atoms with Crippen molar-refractivity contribution in [2.45, 2.75) is 18.3 Å². The van der Waals surface area contributed by atoms with E-state index >= 15 is 0 Å². The summed E-state index contributed by atoms with van der Waals surface area (Å²) in [6, 6.07) is 0. The molecular formula is C6H10O10S. The smallest absolute Gasteiger partial charge is 0.398 e. The second kappa shape index (κ2) is 6.00. The quantitative estimate of drug-likeness (QED) is 0.293. The highest BCUT2D eigenvalue weighted by Crippen LogP contribution is 2.08. The van der Waals surface area contributed by atoms with Gasteiger partial charge in [0.25, 0.3) is 0 Å². The van der Waals surface area contributed by atoms with Gasteiger partial charge in [0.1, 0.15) is 6.10 Å². The molecule has 0 aliphatic rings. The lowest BCUT2D eigenvalue weighted by molar-refractivity contribution is -0.159. The van der Waals surface area contributed by atoms with Crippen molar-refractivity contribution in [1.82, 2.24) is 0 Å². The van der Waals surface area contributed by atoms with Gasteiger partial charge in [-0.15, -0.1) is 0 Å². The van der Waals surface area contributed by atoms with E-state index in [9.17, 15) is 18.0 Å². The number of carbonyl (C=O) groups excluding carboxylic acids is 1. The van der Waals surface area contributed by atoms with Crippen LogP contribution in [0, 0.1) is 0 Å². The van der Waals surface area contributed by atoms with Gasteiger partial charge in [0.05, 0.1) is 6.61 Å². The number of aliphatic hydroxyl groups is 3. The zero-order chi connectivity index (χ0) is 13.8. The number of ketones is 1. The molecule has 0 fully saturated rings. The van der Waals surface area contributed by atoms with Crippen molar-refractivity contribution in [3.8, 4) is 0 Å². The Labute approximate surface area is 95.0 Å². The third-order valence-corrected chi connectivity index (χ3v) is 2.00. The Morgan fingerprint density at radius 3 is 2.00 bits per heavy atom. The van der Waals surface area contributed by atoms with Crippen LogP contribution in [0.15, 0.2) is 0 Å². The average molecular weight is 274 g/mol. The zero-order valence-electron chi connectivity index (χ0n) is 8.12. The zero-order valence-corrected chi connectivity index (χ0v) is 8.94. The molecule has 11 heteroatoms. The molecule has 100 valence electrons. The van der Waals surface area contributed by atoms with E-state index in [2.05, 4.69) is 4.18 Å². The highest BCUT2D eigenvalue weighted by Gasteiger charge is 2.39. The number of carboxylic acids is 1. The lowest BCUT2D eigenvalue weighted by Crippen LogP contribution is -2.47. The van der Waals surface area contributed by atoms with Crippen LogP contribution in [0.2, 0.25) is 0 Å². The molecule has 10 nitrogen and oxygen atoms in total. The highest BCUT2D eigenvalue weighted by molar-refractivity contribution is 7.80. The van der Waals surface area contributed by atoms with Gasteiger partial charge in [0, 0.05) is 0 Å². The first-order valence-electron chi connectivity index (χ1n) is 3.99. The number of carboxylic acid groups (broad SMARTS) is 1. The van der Waals surface area contributed by atoms with Gasteiger partial charge in [0.15, 0.2) is 18.0 Å². The molecule has 0 aliphatic heterocycles. The largest absolute Gasteiger partial charge is 0.479 e. The van der Waals surface area contributed by atoms with Gasteiger partial charge >= 0.3 is 16.4 Å². The molecule has 5 N–H and O–H groups in total. The van der Waals surface area contributed by atoms with Crippen molar-refractivity contribution in [1.29, 1.82) is 0 Å². The van der Waals surface area contributed by atoms with E-state index in [0.717, 1.165) is 0 Å². The lowest BCUT2D eigenvalue weighted by atomic mass is 10.1.